The van der Waals surface area contributed by atoms with Crippen molar-refractivity contribution in [2.24, 2.45) is 5.16 Å². The number of carbonyl (C=O) groups is 1. The summed E-state index contributed by atoms with van der Waals surface area (Å²) < 4.78 is 0.921. The summed E-state index contributed by atoms with van der Waals surface area (Å²) in [6.45, 7) is 3.90. The van der Waals surface area contributed by atoms with Crippen LogP contribution in [0.3, 0.4) is 0 Å². The average Bonchev–Trinajstić information content (AvgIpc) is 2.55. The molecule has 5 heteroatoms. The molecule has 0 aliphatic carbocycles. The largest absolute Gasteiger partial charge is 0.386 e. The standard InChI is InChI=1S/C18H19BrN2O2/c1-3-14-9-6-7-13(2)18(14)21-17(22)12-23-20-11-15-8-4-5-10-16(15)19/h4-11H,3,12H2,1-2H3,(H,21,22)/b20-11-. The minimum Gasteiger partial charge on any atom is -0.386 e. The van der Waals surface area contributed by atoms with Crippen LogP contribution in [0.1, 0.15) is 23.6 Å². The van der Waals surface area contributed by atoms with Gasteiger partial charge in [-0.2, -0.15) is 0 Å². The number of nitrogens with one attached hydrogen (secondary N) is 1. The molecule has 4 nitrogen and oxygen atoms in total. The van der Waals surface area contributed by atoms with Gasteiger partial charge in [0.15, 0.2) is 6.61 Å². The molecule has 0 heterocycles. The molecule has 23 heavy (non-hydrogen) atoms. The predicted octanol–water partition coefficient (Wildman–Crippen LogP) is 4.31. The highest BCUT2D eigenvalue weighted by molar-refractivity contribution is 9.10. The first-order valence-corrected chi connectivity index (χ1v) is 8.19. The molecule has 0 aliphatic heterocycles. The van der Waals surface area contributed by atoms with E-state index in [1.165, 1.54) is 0 Å². The molecule has 0 saturated heterocycles. The quantitative estimate of drug-likeness (QED) is 0.604. The highest BCUT2D eigenvalue weighted by Gasteiger charge is 2.08. The summed E-state index contributed by atoms with van der Waals surface area (Å²) in [6, 6.07) is 13.6. The smallest absolute Gasteiger partial charge is 0.265 e. The summed E-state index contributed by atoms with van der Waals surface area (Å²) in [4.78, 5) is 17.1. The van der Waals surface area contributed by atoms with E-state index < -0.39 is 0 Å². The van der Waals surface area contributed by atoms with Gasteiger partial charge in [-0.25, -0.2) is 0 Å². The van der Waals surface area contributed by atoms with E-state index in [2.05, 4.69) is 33.3 Å². The number of aryl methyl sites for hydroxylation is 2. The Balaban J connectivity index is 1.90. The number of para-hydroxylation sites is 1. The third-order valence-electron chi connectivity index (χ3n) is 3.37. The van der Waals surface area contributed by atoms with Crippen LogP contribution in [-0.2, 0) is 16.1 Å². The van der Waals surface area contributed by atoms with E-state index >= 15 is 0 Å². The van der Waals surface area contributed by atoms with Gasteiger partial charge in [0, 0.05) is 15.7 Å². The SMILES string of the molecule is CCc1cccc(C)c1NC(=O)CO/N=C\c1ccccc1Br. The van der Waals surface area contributed by atoms with Crippen molar-refractivity contribution in [3.63, 3.8) is 0 Å². The fourth-order valence-corrected chi connectivity index (χ4v) is 2.53. The zero-order valence-electron chi connectivity index (χ0n) is 13.2. The second-order valence-corrected chi connectivity index (χ2v) is 5.89. The monoisotopic (exact) mass is 374 g/mol. The Morgan fingerprint density at radius 1 is 1.26 bits per heavy atom. The molecule has 0 saturated carbocycles. The molecular formula is C18H19BrN2O2. The van der Waals surface area contributed by atoms with E-state index in [1.807, 2.05) is 49.4 Å². The van der Waals surface area contributed by atoms with Crippen molar-refractivity contribution in [1.82, 2.24) is 0 Å². The number of anilines is 1. The molecular weight excluding hydrogens is 356 g/mol. The third kappa shape index (κ3) is 4.93. The normalized spacial score (nSPS) is 10.7. The van der Waals surface area contributed by atoms with Crippen molar-refractivity contribution in [1.29, 1.82) is 0 Å². The molecule has 2 aromatic rings. The van der Waals surface area contributed by atoms with E-state index in [0.717, 1.165) is 33.3 Å². The summed E-state index contributed by atoms with van der Waals surface area (Å²) in [6.07, 6.45) is 2.43. The molecule has 1 N–H and O–H groups in total. The topological polar surface area (TPSA) is 50.7 Å². The summed E-state index contributed by atoms with van der Waals surface area (Å²) in [5.74, 6) is -0.224. The van der Waals surface area contributed by atoms with Gasteiger partial charge in [-0.1, -0.05) is 64.4 Å². The van der Waals surface area contributed by atoms with Crippen LogP contribution in [-0.4, -0.2) is 18.7 Å². The Labute approximate surface area is 144 Å². The molecule has 2 aromatic carbocycles. The molecule has 1 amide bonds. The van der Waals surface area contributed by atoms with E-state index in [4.69, 9.17) is 4.84 Å². The molecule has 0 radical (unpaired) electrons. The van der Waals surface area contributed by atoms with Crippen LogP contribution in [0.15, 0.2) is 52.1 Å². The zero-order chi connectivity index (χ0) is 16.7. The first-order chi connectivity index (χ1) is 11.1. The minimum absolute atomic E-state index is 0.127. The summed E-state index contributed by atoms with van der Waals surface area (Å²) in [7, 11) is 0. The van der Waals surface area contributed by atoms with Crippen molar-refractivity contribution in [3.8, 4) is 0 Å². The molecule has 0 aliphatic rings. The van der Waals surface area contributed by atoms with Crippen LogP contribution < -0.4 is 5.32 Å². The van der Waals surface area contributed by atoms with Gasteiger partial charge in [-0.15, -0.1) is 0 Å². The van der Waals surface area contributed by atoms with Crippen molar-refractivity contribution in [2.75, 3.05) is 11.9 Å². The summed E-state index contributed by atoms with van der Waals surface area (Å²) in [5.41, 5.74) is 3.89. The van der Waals surface area contributed by atoms with Gasteiger partial charge >= 0.3 is 0 Å². The Kier molecular flexibility index (Phi) is 6.35. The molecule has 2 rings (SSSR count). The molecule has 0 atom stereocenters. The summed E-state index contributed by atoms with van der Waals surface area (Å²) in [5, 5.41) is 6.73. The van der Waals surface area contributed by atoms with Crippen LogP contribution in [0.25, 0.3) is 0 Å². The van der Waals surface area contributed by atoms with E-state index in [-0.39, 0.29) is 12.5 Å². The lowest BCUT2D eigenvalue weighted by atomic mass is 10.1. The van der Waals surface area contributed by atoms with Crippen molar-refractivity contribution in [3.05, 3.63) is 63.6 Å². The number of benzene rings is 2. The lowest BCUT2D eigenvalue weighted by Gasteiger charge is -2.12. The van der Waals surface area contributed by atoms with Gasteiger partial charge in [-0.05, 0) is 30.5 Å². The van der Waals surface area contributed by atoms with E-state index in [9.17, 15) is 4.79 Å². The highest BCUT2D eigenvalue weighted by atomic mass is 79.9. The van der Waals surface area contributed by atoms with Gasteiger partial charge in [0.05, 0.1) is 6.21 Å². The zero-order valence-corrected chi connectivity index (χ0v) is 14.8. The van der Waals surface area contributed by atoms with Crippen LogP contribution >= 0.6 is 15.9 Å². The van der Waals surface area contributed by atoms with Crippen LogP contribution in [0.5, 0.6) is 0 Å². The number of carbonyl (C=O) groups excluding carboxylic acids is 1. The number of hydrogen-bond donors (Lipinski definition) is 1. The van der Waals surface area contributed by atoms with Gasteiger partial charge in [0.1, 0.15) is 0 Å². The van der Waals surface area contributed by atoms with Crippen LogP contribution in [0, 0.1) is 6.92 Å². The second-order valence-electron chi connectivity index (χ2n) is 5.04. The first kappa shape index (κ1) is 17.2. The molecule has 0 aromatic heterocycles. The van der Waals surface area contributed by atoms with Crippen LogP contribution in [0.4, 0.5) is 5.69 Å². The fraction of sp³-hybridized carbons (Fsp3) is 0.222. The maximum Gasteiger partial charge on any atom is 0.265 e. The van der Waals surface area contributed by atoms with Crippen molar-refractivity contribution >= 4 is 33.7 Å². The number of nitrogens with zero attached hydrogens (tertiary/aromatic N) is 1. The molecule has 0 spiro atoms. The predicted molar refractivity (Wildman–Crippen MR) is 96.9 cm³/mol. The first-order valence-electron chi connectivity index (χ1n) is 7.40. The highest BCUT2D eigenvalue weighted by Crippen LogP contribution is 2.20. The lowest BCUT2D eigenvalue weighted by molar-refractivity contribution is -0.120. The molecule has 0 fully saturated rings. The third-order valence-corrected chi connectivity index (χ3v) is 4.09. The lowest BCUT2D eigenvalue weighted by Crippen LogP contribution is -2.18. The number of oxime groups is 1. The number of halogens is 1. The number of amides is 1. The fourth-order valence-electron chi connectivity index (χ4n) is 2.15. The minimum atomic E-state index is -0.224. The van der Waals surface area contributed by atoms with Crippen molar-refractivity contribution < 1.29 is 9.63 Å². The molecule has 120 valence electrons. The number of hydrogen-bond acceptors (Lipinski definition) is 3. The Bertz CT molecular complexity index is 714. The van der Waals surface area contributed by atoms with Gasteiger partial charge < -0.3 is 10.2 Å². The van der Waals surface area contributed by atoms with Crippen LogP contribution in [0.2, 0.25) is 0 Å². The second kappa shape index (κ2) is 8.48. The Morgan fingerprint density at radius 2 is 2.04 bits per heavy atom. The maximum absolute atomic E-state index is 12.0. The molecule has 0 bridgehead atoms. The van der Waals surface area contributed by atoms with E-state index in [1.54, 1.807) is 6.21 Å². The van der Waals surface area contributed by atoms with E-state index in [0.29, 0.717) is 0 Å². The molecule has 0 unspecified atom stereocenters. The number of rotatable bonds is 6. The summed E-state index contributed by atoms with van der Waals surface area (Å²) >= 11 is 3.42. The maximum atomic E-state index is 12.0. The van der Waals surface area contributed by atoms with Gasteiger partial charge in [0.25, 0.3) is 5.91 Å². The van der Waals surface area contributed by atoms with Gasteiger partial charge in [-0.3, -0.25) is 4.79 Å². The van der Waals surface area contributed by atoms with Gasteiger partial charge in [0.2, 0.25) is 0 Å². The van der Waals surface area contributed by atoms with Crippen molar-refractivity contribution in [2.45, 2.75) is 20.3 Å². The Morgan fingerprint density at radius 3 is 2.78 bits per heavy atom. The average molecular weight is 375 g/mol. The Hall–Kier alpha value is -2.14.